The van der Waals surface area contributed by atoms with Gasteiger partial charge in [0.05, 0.1) is 6.42 Å². The molecular weight excluding hydrogens is 224 g/mol. The van der Waals surface area contributed by atoms with Gasteiger partial charge in [-0.05, 0) is 31.9 Å². The lowest BCUT2D eigenvalue weighted by Crippen LogP contribution is -2.25. The SMILES string of the molecule is CC(C)(C)OC(=O)Cc1ccccc1CCl. The molecule has 0 fully saturated rings. The number of carbonyl (C=O) groups is 1. The molecule has 1 aromatic rings. The molecular formula is C13H17ClO2. The fraction of sp³-hybridized carbons (Fsp3) is 0.462. The molecule has 0 spiro atoms. The van der Waals surface area contributed by atoms with Gasteiger partial charge in [-0.25, -0.2) is 0 Å². The molecule has 0 N–H and O–H groups in total. The number of benzene rings is 1. The smallest absolute Gasteiger partial charge is 0.310 e. The Morgan fingerprint density at radius 2 is 1.81 bits per heavy atom. The van der Waals surface area contributed by atoms with Crippen LogP contribution in [0.25, 0.3) is 0 Å². The molecule has 0 aliphatic carbocycles. The lowest BCUT2D eigenvalue weighted by Gasteiger charge is -2.19. The van der Waals surface area contributed by atoms with Crippen molar-refractivity contribution in [3.63, 3.8) is 0 Å². The molecule has 3 heteroatoms. The Labute approximate surface area is 102 Å². The molecule has 88 valence electrons. The first kappa shape index (κ1) is 13.0. The van der Waals surface area contributed by atoms with Crippen molar-refractivity contribution < 1.29 is 9.53 Å². The predicted molar refractivity (Wildman–Crippen MR) is 65.5 cm³/mol. The monoisotopic (exact) mass is 240 g/mol. The molecule has 0 radical (unpaired) electrons. The fourth-order valence-electron chi connectivity index (χ4n) is 1.39. The van der Waals surface area contributed by atoms with Crippen LogP contribution in [-0.2, 0) is 21.8 Å². The highest BCUT2D eigenvalue weighted by Crippen LogP contribution is 2.15. The zero-order chi connectivity index (χ0) is 12.2. The van der Waals surface area contributed by atoms with Gasteiger partial charge in [0.2, 0.25) is 0 Å². The summed E-state index contributed by atoms with van der Waals surface area (Å²) in [6.45, 7) is 5.58. The Bertz CT molecular complexity index is 366. The first-order valence-corrected chi connectivity index (χ1v) is 5.80. The molecule has 0 aliphatic heterocycles. The van der Waals surface area contributed by atoms with E-state index in [1.54, 1.807) is 0 Å². The van der Waals surface area contributed by atoms with E-state index in [1.165, 1.54) is 0 Å². The van der Waals surface area contributed by atoms with Gasteiger partial charge >= 0.3 is 5.97 Å². The predicted octanol–water partition coefficient (Wildman–Crippen LogP) is 3.31. The molecule has 16 heavy (non-hydrogen) atoms. The molecule has 0 heterocycles. The molecule has 0 unspecified atom stereocenters. The molecule has 1 rings (SSSR count). The van der Waals surface area contributed by atoms with Crippen LogP contribution in [0.3, 0.4) is 0 Å². The van der Waals surface area contributed by atoms with Crippen molar-refractivity contribution in [2.24, 2.45) is 0 Å². The second-order valence-corrected chi connectivity index (χ2v) is 4.93. The minimum absolute atomic E-state index is 0.218. The van der Waals surface area contributed by atoms with Gasteiger partial charge in [0, 0.05) is 5.88 Å². The Morgan fingerprint density at radius 3 is 2.31 bits per heavy atom. The summed E-state index contributed by atoms with van der Waals surface area (Å²) >= 11 is 5.80. The van der Waals surface area contributed by atoms with Crippen LogP contribution in [0.5, 0.6) is 0 Å². The average molecular weight is 241 g/mol. The highest BCUT2D eigenvalue weighted by Gasteiger charge is 2.17. The van der Waals surface area contributed by atoms with Crippen molar-refractivity contribution in [2.75, 3.05) is 0 Å². The number of carbonyl (C=O) groups excluding carboxylic acids is 1. The van der Waals surface area contributed by atoms with E-state index in [-0.39, 0.29) is 12.4 Å². The number of halogens is 1. The van der Waals surface area contributed by atoms with Crippen molar-refractivity contribution in [1.29, 1.82) is 0 Å². The normalized spacial score (nSPS) is 11.2. The molecule has 0 bridgehead atoms. The van der Waals surface area contributed by atoms with Crippen LogP contribution in [0, 0.1) is 0 Å². The van der Waals surface area contributed by atoms with E-state index >= 15 is 0 Å². The van der Waals surface area contributed by atoms with Gasteiger partial charge in [0.1, 0.15) is 5.60 Å². The summed E-state index contributed by atoms with van der Waals surface area (Å²) in [5, 5.41) is 0. The highest BCUT2D eigenvalue weighted by atomic mass is 35.5. The zero-order valence-electron chi connectivity index (χ0n) is 9.92. The maximum Gasteiger partial charge on any atom is 0.310 e. The van der Waals surface area contributed by atoms with Crippen LogP contribution in [0.2, 0.25) is 0 Å². The van der Waals surface area contributed by atoms with E-state index in [1.807, 2.05) is 45.0 Å². The van der Waals surface area contributed by atoms with Gasteiger partial charge in [-0.15, -0.1) is 11.6 Å². The minimum atomic E-state index is -0.438. The standard InChI is InChI=1S/C13H17ClO2/c1-13(2,3)16-12(15)8-10-6-4-5-7-11(10)9-14/h4-7H,8-9H2,1-3H3. The van der Waals surface area contributed by atoms with Gasteiger partial charge in [0.15, 0.2) is 0 Å². The number of ether oxygens (including phenoxy) is 1. The topological polar surface area (TPSA) is 26.3 Å². The van der Waals surface area contributed by atoms with Crippen molar-refractivity contribution in [2.45, 2.75) is 38.7 Å². The molecule has 0 saturated heterocycles. The Balaban J connectivity index is 2.70. The van der Waals surface area contributed by atoms with Crippen LogP contribution < -0.4 is 0 Å². The van der Waals surface area contributed by atoms with Gasteiger partial charge in [-0.2, -0.15) is 0 Å². The summed E-state index contributed by atoms with van der Waals surface area (Å²) in [5.41, 5.74) is 1.48. The largest absolute Gasteiger partial charge is 0.460 e. The Morgan fingerprint density at radius 1 is 1.25 bits per heavy atom. The minimum Gasteiger partial charge on any atom is -0.460 e. The molecule has 0 atom stereocenters. The second-order valence-electron chi connectivity index (χ2n) is 4.67. The highest BCUT2D eigenvalue weighted by molar-refractivity contribution is 6.17. The lowest BCUT2D eigenvalue weighted by atomic mass is 10.1. The van der Waals surface area contributed by atoms with E-state index in [0.29, 0.717) is 5.88 Å². The van der Waals surface area contributed by atoms with Crippen LogP contribution in [0.15, 0.2) is 24.3 Å². The van der Waals surface area contributed by atoms with Crippen LogP contribution >= 0.6 is 11.6 Å². The number of rotatable bonds is 3. The van der Waals surface area contributed by atoms with Crippen molar-refractivity contribution in [1.82, 2.24) is 0 Å². The summed E-state index contributed by atoms with van der Waals surface area (Å²) < 4.78 is 5.26. The third-order valence-electron chi connectivity index (χ3n) is 2.02. The van der Waals surface area contributed by atoms with Crippen molar-refractivity contribution >= 4 is 17.6 Å². The fourth-order valence-corrected chi connectivity index (χ4v) is 1.65. The third kappa shape index (κ3) is 4.23. The van der Waals surface area contributed by atoms with Gasteiger partial charge in [-0.1, -0.05) is 24.3 Å². The lowest BCUT2D eigenvalue weighted by molar-refractivity contribution is -0.153. The number of esters is 1. The molecule has 1 aromatic carbocycles. The summed E-state index contributed by atoms with van der Waals surface area (Å²) in [5.74, 6) is 0.198. The van der Waals surface area contributed by atoms with Crippen LogP contribution in [-0.4, -0.2) is 11.6 Å². The first-order chi connectivity index (χ1) is 7.42. The Hall–Kier alpha value is -1.02. The third-order valence-corrected chi connectivity index (χ3v) is 2.31. The van der Waals surface area contributed by atoms with Gasteiger partial charge in [-0.3, -0.25) is 4.79 Å². The number of alkyl halides is 1. The summed E-state index contributed by atoms with van der Waals surface area (Å²) in [6, 6.07) is 7.64. The van der Waals surface area contributed by atoms with E-state index in [0.717, 1.165) is 11.1 Å². The maximum absolute atomic E-state index is 11.6. The molecule has 2 nitrogen and oxygen atoms in total. The molecule has 0 aliphatic rings. The summed E-state index contributed by atoms with van der Waals surface area (Å²) in [6.07, 6.45) is 0.278. The summed E-state index contributed by atoms with van der Waals surface area (Å²) in [4.78, 5) is 11.6. The first-order valence-electron chi connectivity index (χ1n) is 5.27. The van der Waals surface area contributed by atoms with E-state index in [9.17, 15) is 4.79 Å². The van der Waals surface area contributed by atoms with E-state index in [2.05, 4.69) is 0 Å². The van der Waals surface area contributed by atoms with Crippen molar-refractivity contribution in [3.05, 3.63) is 35.4 Å². The zero-order valence-corrected chi connectivity index (χ0v) is 10.7. The quantitative estimate of drug-likeness (QED) is 0.599. The van der Waals surface area contributed by atoms with Crippen molar-refractivity contribution in [3.8, 4) is 0 Å². The van der Waals surface area contributed by atoms with E-state index in [4.69, 9.17) is 16.3 Å². The van der Waals surface area contributed by atoms with Crippen LogP contribution in [0.4, 0.5) is 0 Å². The molecule has 0 amide bonds. The molecule has 0 aromatic heterocycles. The average Bonchev–Trinajstić information content (AvgIpc) is 2.15. The Kier molecular flexibility index (Phi) is 4.36. The van der Waals surface area contributed by atoms with E-state index < -0.39 is 5.60 Å². The summed E-state index contributed by atoms with van der Waals surface area (Å²) in [7, 11) is 0. The van der Waals surface area contributed by atoms with Gasteiger partial charge in [0.25, 0.3) is 0 Å². The van der Waals surface area contributed by atoms with Gasteiger partial charge < -0.3 is 4.74 Å². The maximum atomic E-state index is 11.6. The second kappa shape index (κ2) is 5.35. The number of hydrogen-bond acceptors (Lipinski definition) is 2. The molecule has 0 saturated carbocycles. The number of hydrogen-bond donors (Lipinski definition) is 0. The van der Waals surface area contributed by atoms with Crippen LogP contribution in [0.1, 0.15) is 31.9 Å².